The summed E-state index contributed by atoms with van der Waals surface area (Å²) < 4.78 is 3.59. The van der Waals surface area contributed by atoms with Gasteiger partial charge in [0.2, 0.25) is 0 Å². The highest BCUT2D eigenvalue weighted by Gasteiger charge is 2.10. The molecule has 1 aromatic carbocycles. The predicted molar refractivity (Wildman–Crippen MR) is 59.2 cm³/mol. The van der Waals surface area contributed by atoms with Gasteiger partial charge in [0, 0.05) is 22.2 Å². The number of hydrogen-bond donors (Lipinski definition) is 0. The summed E-state index contributed by atoms with van der Waals surface area (Å²) >= 11 is 11.7. The molecule has 1 aromatic rings. The van der Waals surface area contributed by atoms with Crippen molar-refractivity contribution in [2.45, 2.75) is 20.3 Å². The van der Waals surface area contributed by atoms with Gasteiger partial charge in [-0.3, -0.25) is 0 Å². The van der Waals surface area contributed by atoms with Crippen LogP contribution in [-0.4, -0.2) is 0 Å². The van der Waals surface area contributed by atoms with Crippen LogP contribution in [0.25, 0.3) is 0 Å². The maximum Gasteiger partial charge on any atom is 0.349 e. The molecule has 0 atom stereocenters. The van der Waals surface area contributed by atoms with Crippen molar-refractivity contribution in [2.24, 2.45) is 0 Å². The zero-order chi connectivity index (χ0) is 10.6. The van der Waals surface area contributed by atoms with E-state index in [1.165, 1.54) is 9.14 Å². The Bertz CT molecular complexity index is 325. The topological polar surface area (TPSA) is 0 Å². The first-order valence-corrected chi connectivity index (χ1v) is 7.45. The third-order valence-corrected chi connectivity index (χ3v) is 4.90. The van der Waals surface area contributed by atoms with E-state index < -0.39 is 0 Å². The summed E-state index contributed by atoms with van der Waals surface area (Å²) in [5.74, 6) is 0. The second-order valence-corrected chi connectivity index (χ2v) is 6.37. The van der Waals surface area contributed by atoms with Gasteiger partial charge in [-0.25, -0.2) is 0 Å². The summed E-state index contributed by atoms with van der Waals surface area (Å²) in [5, 5.41) is 1.46. The lowest BCUT2D eigenvalue weighted by atomic mass is 10.3. The highest BCUT2D eigenvalue weighted by atomic mass is 127. The maximum absolute atomic E-state index is 5.91. The summed E-state index contributed by atoms with van der Waals surface area (Å²) in [6, 6.07) is 5.77. The molecule has 0 nitrogen and oxygen atoms in total. The Morgan fingerprint density at radius 2 is 1.86 bits per heavy atom. The Kier molecular flexibility index (Phi) is 5.28. The first-order chi connectivity index (χ1) is 6.61. The van der Waals surface area contributed by atoms with Crippen molar-refractivity contribution < 1.29 is 21.2 Å². The molecular weight excluding hydrogens is 330 g/mol. The van der Waals surface area contributed by atoms with E-state index in [0.29, 0.717) is 0 Å². The van der Waals surface area contributed by atoms with Gasteiger partial charge in [0.25, 0.3) is 0 Å². The average Bonchev–Trinajstić information content (AvgIpc) is 2.12. The third kappa shape index (κ3) is 4.20. The molecule has 0 aliphatic rings. The molecule has 0 saturated carbocycles. The van der Waals surface area contributed by atoms with Crippen LogP contribution in [0.3, 0.4) is 0 Å². The van der Waals surface area contributed by atoms with Crippen LogP contribution in [0.2, 0.25) is 10.0 Å². The molecule has 14 heavy (non-hydrogen) atoms. The van der Waals surface area contributed by atoms with Crippen LogP contribution >= 0.6 is 23.2 Å². The minimum Gasteiger partial charge on any atom is -0.0841 e. The monoisotopic (exact) mass is 341 g/mol. The van der Waals surface area contributed by atoms with Gasteiger partial charge in [-0.2, -0.15) is 0 Å². The van der Waals surface area contributed by atoms with E-state index in [9.17, 15) is 0 Å². The Hall–Kier alpha value is 0.270. The zero-order valence-corrected chi connectivity index (χ0v) is 11.8. The molecule has 0 N–H and O–H groups in total. The van der Waals surface area contributed by atoms with Gasteiger partial charge < -0.3 is 0 Å². The summed E-state index contributed by atoms with van der Waals surface area (Å²) in [6.07, 6.45) is 1.12. The van der Waals surface area contributed by atoms with Crippen LogP contribution in [-0.2, 0) is 0 Å². The number of hydrogen-bond acceptors (Lipinski definition) is 0. The van der Waals surface area contributed by atoms with Crippen molar-refractivity contribution >= 4 is 23.2 Å². The van der Waals surface area contributed by atoms with Crippen LogP contribution < -0.4 is 21.2 Å². The van der Waals surface area contributed by atoms with Gasteiger partial charge in [-0.05, 0) is 25.0 Å². The molecule has 0 aromatic heterocycles. The van der Waals surface area contributed by atoms with Gasteiger partial charge in [0.15, 0.2) is 7.65 Å². The molecule has 0 fully saturated rings. The predicted octanol–water partition coefficient (Wildman–Crippen LogP) is 1.57. The van der Waals surface area contributed by atoms with Crippen molar-refractivity contribution in [1.82, 2.24) is 0 Å². The standard InChI is InChI=1S/C11H12Cl2I/c1-3-8(2)7-14-11-5-9(12)4-10(13)6-11/h4-7H,3H2,1-2H3/q+1/b8-7-. The fourth-order valence-corrected chi connectivity index (χ4v) is 4.07. The van der Waals surface area contributed by atoms with E-state index >= 15 is 0 Å². The van der Waals surface area contributed by atoms with E-state index in [0.717, 1.165) is 16.5 Å². The van der Waals surface area contributed by atoms with Gasteiger partial charge >= 0.3 is 21.2 Å². The number of rotatable bonds is 3. The van der Waals surface area contributed by atoms with Gasteiger partial charge in [-0.15, -0.1) is 0 Å². The minimum absolute atomic E-state index is 0.0843. The number of halogens is 3. The molecular formula is C11H12Cl2I+. The Morgan fingerprint density at radius 1 is 1.29 bits per heavy atom. The van der Waals surface area contributed by atoms with Crippen LogP contribution in [0, 0.1) is 3.57 Å². The summed E-state index contributed by atoms with van der Waals surface area (Å²) in [5.41, 5.74) is 1.44. The molecule has 0 spiro atoms. The lowest BCUT2D eigenvalue weighted by molar-refractivity contribution is -0.557. The summed E-state index contributed by atoms with van der Waals surface area (Å²) in [4.78, 5) is 0. The molecule has 0 saturated heterocycles. The zero-order valence-electron chi connectivity index (χ0n) is 8.15. The third-order valence-electron chi connectivity index (χ3n) is 1.75. The largest absolute Gasteiger partial charge is 0.349 e. The quantitative estimate of drug-likeness (QED) is 0.732. The van der Waals surface area contributed by atoms with Crippen molar-refractivity contribution in [3.63, 3.8) is 0 Å². The van der Waals surface area contributed by atoms with Gasteiger partial charge in [0.05, 0.1) is 0 Å². The van der Waals surface area contributed by atoms with E-state index in [1.807, 2.05) is 12.1 Å². The van der Waals surface area contributed by atoms with Crippen molar-refractivity contribution in [3.05, 3.63) is 41.5 Å². The SMILES string of the molecule is CC/C(C)=C\[I+]c1cc(Cl)cc(Cl)c1. The minimum atomic E-state index is -0.0843. The molecule has 0 aliphatic heterocycles. The van der Waals surface area contributed by atoms with E-state index in [-0.39, 0.29) is 21.2 Å². The molecule has 0 aliphatic carbocycles. The summed E-state index contributed by atoms with van der Waals surface area (Å²) in [7, 11) is 0. The van der Waals surface area contributed by atoms with Crippen LogP contribution in [0.1, 0.15) is 20.3 Å². The number of benzene rings is 1. The smallest absolute Gasteiger partial charge is 0.0841 e. The molecule has 0 bridgehead atoms. The van der Waals surface area contributed by atoms with E-state index in [1.54, 1.807) is 6.07 Å². The average molecular weight is 342 g/mol. The van der Waals surface area contributed by atoms with Crippen LogP contribution in [0.5, 0.6) is 0 Å². The Morgan fingerprint density at radius 3 is 2.36 bits per heavy atom. The number of allylic oxidation sites excluding steroid dienone is 1. The van der Waals surface area contributed by atoms with E-state index in [4.69, 9.17) is 23.2 Å². The van der Waals surface area contributed by atoms with Crippen molar-refractivity contribution in [3.8, 4) is 0 Å². The van der Waals surface area contributed by atoms with Crippen LogP contribution in [0.15, 0.2) is 27.9 Å². The summed E-state index contributed by atoms with van der Waals surface area (Å²) in [6.45, 7) is 4.33. The Labute approximate surface area is 106 Å². The van der Waals surface area contributed by atoms with Gasteiger partial charge in [0.1, 0.15) is 0 Å². The fourth-order valence-electron chi connectivity index (χ4n) is 0.816. The fraction of sp³-hybridized carbons (Fsp3) is 0.273. The first kappa shape index (κ1) is 12.3. The van der Waals surface area contributed by atoms with Crippen molar-refractivity contribution in [2.75, 3.05) is 0 Å². The highest BCUT2D eigenvalue weighted by Crippen LogP contribution is 2.14. The molecule has 0 radical (unpaired) electrons. The molecule has 0 amide bonds. The molecule has 1 rings (SSSR count). The van der Waals surface area contributed by atoms with E-state index in [2.05, 4.69) is 17.9 Å². The van der Waals surface area contributed by atoms with Gasteiger partial charge in [-0.1, -0.05) is 30.1 Å². The molecule has 0 heterocycles. The van der Waals surface area contributed by atoms with Crippen LogP contribution in [0.4, 0.5) is 0 Å². The lowest BCUT2D eigenvalue weighted by Crippen LogP contribution is -3.59. The molecule has 3 heteroatoms. The highest BCUT2D eigenvalue weighted by molar-refractivity contribution is 6.34. The first-order valence-electron chi connectivity index (χ1n) is 4.37. The maximum atomic E-state index is 5.91. The second-order valence-electron chi connectivity index (χ2n) is 3.01. The van der Waals surface area contributed by atoms with Crippen molar-refractivity contribution in [1.29, 1.82) is 0 Å². The second kappa shape index (κ2) is 5.99. The normalized spacial score (nSPS) is 11.9. The molecule has 0 unspecified atom stereocenters. The molecule has 76 valence electrons. The lowest BCUT2D eigenvalue weighted by Gasteiger charge is -1.90. The Balaban J connectivity index is 2.77.